The molecular weight excluding hydrogens is 270 g/mol. The van der Waals surface area contributed by atoms with Crippen molar-refractivity contribution in [2.24, 2.45) is 12.2 Å². The van der Waals surface area contributed by atoms with Crippen molar-refractivity contribution in [2.75, 3.05) is 0 Å². The molecule has 0 aliphatic carbocycles. The quantitative estimate of drug-likeness (QED) is 0.461. The molecule has 0 saturated carbocycles. The lowest BCUT2D eigenvalue weighted by Crippen LogP contribution is -1.97. The highest BCUT2D eigenvalue weighted by Gasteiger charge is 2.17. The van der Waals surface area contributed by atoms with E-state index >= 15 is 0 Å². The van der Waals surface area contributed by atoms with Gasteiger partial charge in [0.1, 0.15) is 10.9 Å². The van der Waals surface area contributed by atoms with Crippen molar-refractivity contribution in [3.05, 3.63) is 52.3 Å². The Morgan fingerprint density at radius 3 is 2.65 bits per heavy atom. The minimum atomic E-state index is 0.280. The van der Waals surface area contributed by atoms with E-state index in [0.29, 0.717) is 5.92 Å². The van der Waals surface area contributed by atoms with E-state index in [1.807, 2.05) is 29.8 Å². The second-order valence-corrected chi connectivity index (χ2v) is 5.80. The van der Waals surface area contributed by atoms with E-state index in [1.165, 1.54) is 4.90 Å². The third kappa shape index (κ3) is 3.15. The number of imidazole rings is 1. The summed E-state index contributed by atoms with van der Waals surface area (Å²) in [4.78, 5) is 8.60. The monoisotopic (exact) mass is 287 g/mol. The largest absolute Gasteiger partial charge is 0.326 e. The molecule has 0 unspecified atom stereocenters. The molecule has 6 heteroatoms. The summed E-state index contributed by atoms with van der Waals surface area (Å²) < 4.78 is 2.02. The summed E-state index contributed by atoms with van der Waals surface area (Å²) in [5.74, 6) is 1.12. The van der Waals surface area contributed by atoms with E-state index in [4.69, 9.17) is 5.53 Å². The molecule has 0 atom stereocenters. The van der Waals surface area contributed by atoms with Crippen LogP contribution in [0.5, 0.6) is 0 Å². The Hall–Kier alpha value is -1.91. The first-order valence-electron chi connectivity index (χ1n) is 6.42. The van der Waals surface area contributed by atoms with Crippen LogP contribution >= 0.6 is 11.8 Å². The number of azide groups is 1. The van der Waals surface area contributed by atoms with Crippen molar-refractivity contribution in [1.82, 2.24) is 9.55 Å². The maximum Gasteiger partial charge on any atom is 0.115 e. The summed E-state index contributed by atoms with van der Waals surface area (Å²) in [5, 5.41) is 4.72. The smallest absolute Gasteiger partial charge is 0.115 e. The van der Waals surface area contributed by atoms with Gasteiger partial charge in [-0.3, -0.25) is 0 Å². The van der Waals surface area contributed by atoms with Crippen LogP contribution in [-0.4, -0.2) is 9.55 Å². The summed E-state index contributed by atoms with van der Waals surface area (Å²) in [6.07, 6.45) is 0. The Balaban J connectivity index is 2.39. The summed E-state index contributed by atoms with van der Waals surface area (Å²) in [6.45, 7) is 4.52. The molecule has 2 rings (SSSR count). The molecule has 5 nitrogen and oxygen atoms in total. The first kappa shape index (κ1) is 14.5. The zero-order valence-corrected chi connectivity index (χ0v) is 12.6. The fourth-order valence-electron chi connectivity index (χ4n) is 1.88. The highest BCUT2D eigenvalue weighted by molar-refractivity contribution is 7.99. The minimum absolute atomic E-state index is 0.280. The van der Waals surface area contributed by atoms with E-state index in [1.54, 1.807) is 11.8 Å². The lowest BCUT2D eigenvalue weighted by molar-refractivity contribution is 0.731. The predicted molar refractivity (Wildman–Crippen MR) is 80.7 cm³/mol. The van der Waals surface area contributed by atoms with Crippen molar-refractivity contribution in [3.63, 3.8) is 0 Å². The van der Waals surface area contributed by atoms with Crippen molar-refractivity contribution in [2.45, 2.75) is 36.2 Å². The van der Waals surface area contributed by atoms with Gasteiger partial charge in [0.15, 0.2) is 0 Å². The van der Waals surface area contributed by atoms with Gasteiger partial charge < -0.3 is 4.57 Å². The summed E-state index contributed by atoms with van der Waals surface area (Å²) in [7, 11) is 1.96. The number of nitrogens with zero attached hydrogens (tertiary/aromatic N) is 5. The van der Waals surface area contributed by atoms with Crippen molar-refractivity contribution >= 4 is 11.8 Å². The average Bonchev–Trinajstić information content (AvgIpc) is 2.75. The van der Waals surface area contributed by atoms with Crippen LogP contribution in [0.25, 0.3) is 10.4 Å². The lowest BCUT2D eigenvalue weighted by Gasteiger charge is -2.08. The van der Waals surface area contributed by atoms with Gasteiger partial charge in [-0.2, -0.15) is 0 Å². The molecule has 0 saturated heterocycles. The van der Waals surface area contributed by atoms with E-state index < -0.39 is 0 Å². The highest BCUT2D eigenvalue weighted by atomic mass is 32.2. The molecule has 0 aliphatic rings. The number of hydrogen-bond acceptors (Lipinski definition) is 3. The molecule has 0 spiro atoms. The number of benzene rings is 1. The highest BCUT2D eigenvalue weighted by Crippen LogP contribution is 2.34. The first-order valence-corrected chi connectivity index (χ1v) is 7.24. The van der Waals surface area contributed by atoms with Gasteiger partial charge in [0.25, 0.3) is 0 Å². The number of rotatable bonds is 5. The van der Waals surface area contributed by atoms with Gasteiger partial charge >= 0.3 is 0 Å². The van der Waals surface area contributed by atoms with E-state index in [9.17, 15) is 0 Å². The molecule has 2 aromatic rings. The van der Waals surface area contributed by atoms with Gasteiger partial charge in [-0.1, -0.05) is 48.9 Å². The molecule has 0 bridgehead atoms. The molecule has 0 N–H and O–H groups in total. The third-order valence-corrected chi connectivity index (χ3v) is 4.12. The molecule has 1 heterocycles. The fourth-order valence-corrected chi connectivity index (χ4v) is 3.03. The Kier molecular flexibility index (Phi) is 4.71. The van der Waals surface area contributed by atoms with Crippen LogP contribution < -0.4 is 0 Å². The van der Waals surface area contributed by atoms with Crippen LogP contribution in [0.3, 0.4) is 0 Å². The molecule has 0 aliphatic heterocycles. The van der Waals surface area contributed by atoms with Gasteiger partial charge in [0, 0.05) is 16.9 Å². The number of hydrogen-bond donors (Lipinski definition) is 0. The Morgan fingerprint density at radius 1 is 1.35 bits per heavy atom. The van der Waals surface area contributed by atoms with E-state index in [2.05, 4.69) is 41.0 Å². The Morgan fingerprint density at radius 2 is 2.05 bits per heavy atom. The van der Waals surface area contributed by atoms with Crippen molar-refractivity contribution < 1.29 is 0 Å². The SMILES string of the molecule is CC(C)c1nc(CN=[N+]=[N-])n(C)c1Sc1ccccc1. The summed E-state index contributed by atoms with van der Waals surface area (Å²) in [6, 6.07) is 10.2. The van der Waals surface area contributed by atoms with Gasteiger partial charge in [0.05, 0.1) is 12.2 Å². The zero-order chi connectivity index (χ0) is 14.5. The van der Waals surface area contributed by atoms with Crippen LogP contribution in [0.1, 0.15) is 31.3 Å². The zero-order valence-electron chi connectivity index (χ0n) is 11.8. The van der Waals surface area contributed by atoms with Gasteiger partial charge in [-0.25, -0.2) is 4.98 Å². The third-order valence-electron chi connectivity index (χ3n) is 2.94. The molecule has 1 aromatic carbocycles. The average molecular weight is 287 g/mol. The van der Waals surface area contributed by atoms with Crippen LogP contribution in [0, 0.1) is 0 Å². The van der Waals surface area contributed by atoms with E-state index in [0.717, 1.165) is 16.5 Å². The maximum absolute atomic E-state index is 8.46. The van der Waals surface area contributed by atoms with Gasteiger partial charge in [0.2, 0.25) is 0 Å². The molecular formula is C14H17N5S. The Bertz CT molecular complexity index is 627. The molecule has 20 heavy (non-hydrogen) atoms. The second-order valence-electron chi connectivity index (χ2n) is 4.74. The van der Waals surface area contributed by atoms with Crippen molar-refractivity contribution in [1.29, 1.82) is 0 Å². The van der Waals surface area contributed by atoms with Gasteiger partial charge in [-0.05, 0) is 23.6 Å². The van der Waals surface area contributed by atoms with Crippen LogP contribution in [0.2, 0.25) is 0 Å². The normalized spacial score (nSPS) is 10.6. The molecule has 0 amide bonds. The van der Waals surface area contributed by atoms with Gasteiger partial charge in [-0.15, -0.1) is 0 Å². The second kappa shape index (κ2) is 6.50. The molecule has 0 radical (unpaired) electrons. The summed E-state index contributed by atoms with van der Waals surface area (Å²) in [5.41, 5.74) is 9.50. The first-order chi connectivity index (χ1) is 9.63. The standard InChI is InChI=1S/C14H17N5S/c1-10(2)13-14(20-11-7-5-4-6-8-11)19(3)12(17-13)9-16-18-15/h4-8,10H,9H2,1-3H3. The van der Waals surface area contributed by atoms with Crippen LogP contribution in [0.4, 0.5) is 0 Å². The predicted octanol–water partition coefficient (Wildman–Crippen LogP) is 4.51. The maximum atomic E-state index is 8.46. The van der Waals surface area contributed by atoms with Crippen LogP contribution in [-0.2, 0) is 13.6 Å². The molecule has 1 aromatic heterocycles. The van der Waals surface area contributed by atoms with Crippen molar-refractivity contribution in [3.8, 4) is 0 Å². The topological polar surface area (TPSA) is 66.6 Å². The lowest BCUT2D eigenvalue weighted by atomic mass is 10.2. The Labute approximate surface area is 122 Å². The minimum Gasteiger partial charge on any atom is -0.326 e. The van der Waals surface area contributed by atoms with Crippen LogP contribution in [0.15, 0.2) is 45.4 Å². The molecule has 0 fully saturated rings. The van der Waals surface area contributed by atoms with E-state index in [-0.39, 0.29) is 6.54 Å². The number of aromatic nitrogens is 2. The summed E-state index contributed by atoms with van der Waals surface area (Å²) >= 11 is 1.69. The molecule has 104 valence electrons. The fraction of sp³-hybridized carbons (Fsp3) is 0.357.